The van der Waals surface area contributed by atoms with E-state index >= 15 is 0 Å². The molecule has 1 aliphatic rings. The smallest absolute Gasteiger partial charge is 0.225 e. The quantitative estimate of drug-likeness (QED) is 0.842. The van der Waals surface area contributed by atoms with Crippen LogP contribution in [0.25, 0.3) is 10.9 Å². The number of anilines is 2. The monoisotopic (exact) mass is 338 g/mol. The van der Waals surface area contributed by atoms with Gasteiger partial charge < -0.3 is 20.5 Å². The summed E-state index contributed by atoms with van der Waals surface area (Å²) in [4.78, 5) is 8.61. The van der Waals surface area contributed by atoms with Gasteiger partial charge >= 0.3 is 0 Å². The lowest BCUT2D eigenvalue weighted by Crippen LogP contribution is -2.22. The Bertz CT molecular complexity index is 853. The first-order chi connectivity index (χ1) is 10.9. The number of nitrogen functional groups attached to an aromatic ring is 1. The zero-order valence-corrected chi connectivity index (χ0v) is 13.7. The molecule has 1 saturated heterocycles. The van der Waals surface area contributed by atoms with Gasteiger partial charge in [0, 0.05) is 17.5 Å². The molecule has 23 heavy (non-hydrogen) atoms. The van der Waals surface area contributed by atoms with Crippen LogP contribution in [0.3, 0.4) is 0 Å². The van der Waals surface area contributed by atoms with Crippen LogP contribution in [-0.4, -0.2) is 50.2 Å². The van der Waals surface area contributed by atoms with Crippen LogP contribution in [0, 0.1) is 0 Å². The van der Waals surface area contributed by atoms with Crippen molar-refractivity contribution < 1.29 is 17.9 Å². The van der Waals surface area contributed by atoms with Crippen molar-refractivity contribution >= 4 is 32.5 Å². The van der Waals surface area contributed by atoms with Crippen molar-refractivity contribution in [2.24, 2.45) is 0 Å². The predicted octanol–water partition coefficient (Wildman–Crippen LogP) is 0.828. The molecule has 8 nitrogen and oxygen atoms in total. The van der Waals surface area contributed by atoms with Crippen LogP contribution in [0.4, 0.5) is 11.8 Å². The third-order valence-electron chi connectivity index (χ3n) is 3.80. The van der Waals surface area contributed by atoms with E-state index in [0.29, 0.717) is 40.6 Å². The lowest BCUT2D eigenvalue weighted by molar-refractivity contribution is 0.356. The van der Waals surface area contributed by atoms with Gasteiger partial charge in [0.15, 0.2) is 21.3 Å². The van der Waals surface area contributed by atoms with Crippen molar-refractivity contribution in [3.63, 3.8) is 0 Å². The first-order valence-electron chi connectivity index (χ1n) is 7.08. The number of ether oxygens (including phenoxy) is 2. The summed E-state index contributed by atoms with van der Waals surface area (Å²) < 4.78 is 33.6. The SMILES string of the molecule is COc1cc2nc(NC3CCS(=O)(=O)C3)nc(N)c2cc1OC. The van der Waals surface area contributed by atoms with Gasteiger partial charge in [-0.05, 0) is 12.5 Å². The molecule has 124 valence electrons. The number of benzene rings is 1. The summed E-state index contributed by atoms with van der Waals surface area (Å²) in [5, 5.41) is 3.69. The molecule has 1 aromatic carbocycles. The van der Waals surface area contributed by atoms with Crippen molar-refractivity contribution in [1.29, 1.82) is 0 Å². The number of fused-ring (bicyclic) bond motifs is 1. The lowest BCUT2D eigenvalue weighted by atomic mass is 10.2. The second-order valence-electron chi connectivity index (χ2n) is 5.40. The highest BCUT2D eigenvalue weighted by molar-refractivity contribution is 7.91. The number of nitrogens with one attached hydrogen (secondary N) is 1. The van der Waals surface area contributed by atoms with Crippen molar-refractivity contribution in [2.45, 2.75) is 12.5 Å². The van der Waals surface area contributed by atoms with E-state index in [-0.39, 0.29) is 17.5 Å². The van der Waals surface area contributed by atoms with Crippen molar-refractivity contribution in [3.05, 3.63) is 12.1 Å². The molecule has 2 aromatic rings. The van der Waals surface area contributed by atoms with E-state index in [0.717, 1.165) is 0 Å². The van der Waals surface area contributed by atoms with E-state index in [1.807, 2.05) is 0 Å². The van der Waals surface area contributed by atoms with E-state index in [4.69, 9.17) is 15.2 Å². The van der Waals surface area contributed by atoms with Crippen molar-refractivity contribution in [2.75, 3.05) is 36.8 Å². The number of rotatable bonds is 4. The fourth-order valence-corrected chi connectivity index (χ4v) is 4.31. The molecule has 1 atom stereocenters. The van der Waals surface area contributed by atoms with Crippen LogP contribution in [-0.2, 0) is 9.84 Å². The maximum absolute atomic E-state index is 11.5. The summed E-state index contributed by atoms with van der Waals surface area (Å²) in [6, 6.07) is 3.23. The van der Waals surface area contributed by atoms with Gasteiger partial charge in [-0.15, -0.1) is 0 Å². The van der Waals surface area contributed by atoms with Gasteiger partial charge in [-0.2, -0.15) is 4.98 Å². The van der Waals surface area contributed by atoms with E-state index in [1.54, 1.807) is 12.1 Å². The molecule has 0 radical (unpaired) electrons. The number of aromatic nitrogens is 2. The van der Waals surface area contributed by atoms with Crippen LogP contribution in [0.15, 0.2) is 12.1 Å². The molecule has 1 aliphatic heterocycles. The predicted molar refractivity (Wildman–Crippen MR) is 87.7 cm³/mol. The standard InChI is InChI=1S/C14H18N4O4S/c1-21-11-5-9-10(6-12(11)22-2)17-14(18-13(9)15)16-8-3-4-23(19,20)7-8/h5-6,8H,3-4,7H2,1-2H3,(H3,15,16,17,18). The van der Waals surface area contributed by atoms with Crippen LogP contribution < -0.4 is 20.5 Å². The molecule has 0 amide bonds. The number of sulfone groups is 1. The molecule has 0 saturated carbocycles. The van der Waals surface area contributed by atoms with E-state index in [2.05, 4.69) is 15.3 Å². The molecular weight excluding hydrogens is 320 g/mol. The highest BCUT2D eigenvalue weighted by atomic mass is 32.2. The number of methoxy groups -OCH3 is 2. The van der Waals surface area contributed by atoms with Crippen LogP contribution in [0.5, 0.6) is 11.5 Å². The zero-order chi connectivity index (χ0) is 16.6. The average Bonchev–Trinajstić information content (AvgIpc) is 2.84. The highest BCUT2D eigenvalue weighted by Crippen LogP contribution is 2.33. The minimum atomic E-state index is -2.97. The Morgan fingerprint density at radius 1 is 1.22 bits per heavy atom. The Kier molecular flexibility index (Phi) is 3.88. The molecule has 1 aromatic heterocycles. The molecule has 0 bridgehead atoms. The van der Waals surface area contributed by atoms with Crippen LogP contribution in [0.1, 0.15) is 6.42 Å². The lowest BCUT2D eigenvalue weighted by Gasteiger charge is -2.13. The number of hydrogen-bond donors (Lipinski definition) is 2. The number of hydrogen-bond acceptors (Lipinski definition) is 8. The number of nitrogens with zero attached hydrogens (tertiary/aromatic N) is 2. The summed E-state index contributed by atoms with van der Waals surface area (Å²) in [5.74, 6) is 1.94. The van der Waals surface area contributed by atoms with Gasteiger partial charge in [-0.1, -0.05) is 0 Å². The summed E-state index contributed by atoms with van der Waals surface area (Å²) in [6.07, 6.45) is 0.537. The fourth-order valence-electron chi connectivity index (χ4n) is 2.64. The molecule has 2 heterocycles. The second-order valence-corrected chi connectivity index (χ2v) is 7.63. The molecule has 1 fully saturated rings. The molecule has 3 N–H and O–H groups in total. The van der Waals surface area contributed by atoms with Gasteiger partial charge in [0.25, 0.3) is 0 Å². The molecule has 0 spiro atoms. The minimum absolute atomic E-state index is 0.0836. The minimum Gasteiger partial charge on any atom is -0.493 e. The van der Waals surface area contributed by atoms with E-state index in [1.165, 1.54) is 14.2 Å². The third kappa shape index (κ3) is 3.09. The average molecular weight is 338 g/mol. The molecule has 0 aliphatic carbocycles. The third-order valence-corrected chi connectivity index (χ3v) is 5.56. The van der Waals surface area contributed by atoms with E-state index in [9.17, 15) is 8.42 Å². The Labute approximate surface area is 133 Å². The van der Waals surface area contributed by atoms with Gasteiger partial charge in [0.05, 0.1) is 31.2 Å². The normalized spacial score (nSPS) is 19.7. The Morgan fingerprint density at radius 3 is 2.52 bits per heavy atom. The summed E-state index contributed by atoms with van der Waals surface area (Å²) in [5.41, 5.74) is 6.59. The van der Waals surface area contributed by atoms with Crippen LogP contribution >= 0.6 is 0 Å². The molecular formula is C14H18N4O4S. The highest BCUT2D eigenvalue weighted by Gasteiger charge is 2.28. The van der Waals surface area contributed by atoms with E-state index < -0.39 is 9.84 Å². The zero-order valence-electron chi connectivity index (χ0n) is 12.9. The summed E-state index contributed by atoms with van der Waals surface area (Å²) in [7, 11) is 0.104. The summed E-state index contributed by atoms with van der Waals surface area (Å²) in [6.45, 7) is 0. The molecule has 3 rings (SSSR count). The largest absolute Gasteiger partial charge is 0.493 e. The maximum Gasteiger partial charge on any atom is 0.225 e. The fraction of sp³-hybridized carbons (Fsp3) is 0.429. The van der Waals surface area contributed by atoms with Gasteiger partial charge in [-0.25, -0.2) is 13.4 Å². The first-order valence-corrected chi connectivity index (χ1v) is 8.90. The summed E-state index contributed by atoms with van der Waals surface area (Å²) >= 11 is 0. The molecule has 9 heteroatoms. The molecule has 1 unspecified atom stereocenters. The Morgan fingerprint density at radius 2 is 1.91 bits per heavy atom. The van der Waals surface area contributed by atoms with Gasteiger partial charge in [-0.3, -0.25) is 0 Å². The second kappa shape index (κ2) is 5.73. The van der Waals surface area contributed by atoms with Gasteiger partial charge in [0.2, 0.25) is 5.95 Å². The number of nitrogens with two attached hydrogens (primary N) is 1. The van der Waals surface area contributed by atoms with Crippen molar-refractivity contribution in [1.82, 2.24) is 9.97 Å². The van der Waals surface area contributed by atoms with Crippen LogP contribution in [0.2, 0.25) is 0 Å². The Balaban J connectivity index is 1.97. The Hall–Kier alpha value is -2.29. The van der Waals surface area contributed by atoms with Crippen molar-refractivity contribution in [3.8, 4) is 11.5 Å². The topological polar surface area (TPSA) is 116 Å². The maximum atomic E-state index is 11.5. The van der Waals surface area contributed by atoms with Gasteiger partial charge in [0.1, 0.15) is 5.82 Å². The first kappa shape index (κ1) is 15.6.